The number of benzene rings is 2. The molecule has 0 saturated carbocycles. The summed E-state index contributed by atoms with van der Waals surface area (Å²) in [6, 6.07) is 13.4. The van der Waals surface area contributed by atoms with Crippen LogP contribution in [0, 0.1) is 6.92 Å². The maximum absolute atomic E-state index is 11.4. The average molecular weight is 338 g/mol. The Balaban J connectivity index is 1.71. The van der Waals surface area contributed by atoms with E-state index in [4.69, 9.17) is 9.47 Å². The van der Waals surface area contributed by atoms with Crippen LogP contribution in [0.25, 0.3) is 0 Å². The van der Waals surface area contributed by atoms with Crippen molar-refractivity contribution in [3.63, 3.8) is 0 Å². The fourth-order valence-corrected chi connectivity index (χ4v) is 2.77. The standard InChI is InChI=1S/C20H22N2O3/c1-15-13-19(22-9-11-25-12-10-22)8-5-17(15)14-21-18-6-3-16(4-7-18)20(23)24-2/h3-8,13-14H,9-12H2,1-2H3. The molecule has 0 radical (unpaired) electrons. The number of nitrogens with zero attached hydrogens (tertiary/aromatic N) is 2. The topological polar surface area (TPSA) is 51.1 Å². The van der Waals surface area contributed by atoms with Gasteiger partial charge in [-0.25, -0.2) is 4.79 Å². The Kier molecular flexibility index (Phi) is 5.46. The molecule has 1 fully saturated rings. The molecule has 130 valence electrons. The third-order valence-corrected chi connectivity index (χ3v) is 4.27. The molecule has 0 unspecified atom stereocenters. The molecule has 0 atom stereocenters. The molecule has 0 N–H and O–H groups in total. The van der Waals surface area contributed by atoms with Crippen LogP contribution in [0.4, 0.5) is 11.4 Å². The lowest BCUT2D eigenvalue weighted by molar-refractivity contribution is 0.0601. The smallest absolute Gasteiger partial charge is 0.337 e. The first kappa shape index (κ1) is 17.2. The molecule has 0 bridgehead atoms. The lowest BCUT2D eigenvalue weighted by Gasteiger charge is -2.29. The highest BCUT2D eigenvalue weighted by Crippen LogP contribution is 2.20. The van der Waals surface area contributed by atoms with Crippen LogP contribution in [0.15, 0.2) is 47.5 Å². The fourth-order valence-electron chi connectivity index (χ4n) is 2.77. The number of morpholine rings is 1. The first-order chi connectivity index (χ1) is 12.2. The Hall–Kier alpha value is -2.66. The molecule has 0 amide bonds. The molecular weight excluding hydrogens is 316 g/mol. The summed E-state index contributed by atoms with van der Waals surface area (Å²) >= 11 is 0. The van der Waals surface area contributed by atoms with Gasteiger partial charge >= 0.3 is 5.97 Å². The van der Waals surface area contributed by atoms with E-state index in [1.54, 1.807) is 24.3 Å². The molecule has 1 aliphatic rings. The molecule has 3 rings (SSSR count). The number of hydrogen-bond acceptors (Lipinski definition) is 5. The van der Waals surface area contributed by atoms with E-state index in [1.165, 1.54) is 18.4 Å². The molecule has 0 spiro atoms. The van der Waals surface area contributed by atoms with Gasteiger partial charge in [-0.3, -0.25) is 4.99 Å². The van der Waals surface area contributed by atoms with E-state index in [-0.39, 0.29) is 5.97 Å². The number of hydrogen-bond donors (Lipinski definition) is 0. The lowest BCUT2D eigenvalue weighted by Crippen LogP contribution is -2.36. The summed E-state index contributed by atoms with van der Waals surface area (Å²) in [6.45, 7) is 5.51. The maximum Gasteiger partial charge on any atom is 0.337 e. The van der Waals surface area contributed by atoms with Gasteiger partial charge in [0.1, 0.15) is 0 Å². The summed E-state index contributed by atoms with van der Waals surface area (Å²) in [5.41, 5.74) is 4.80. The average Bonchev–Trinajstić information content (AvgIpc) is 2.67. The predicted molar refractivity (Wildman–Crippen MR) is 99.2 cm³/mol. The third kappa shape index (κ3) is 4.25. The molecule has 2 aromatic carbocycles. The van der Waals surface area contributed by atoms with Gasteiger partial charge in [0.25, 0.3) is 0 Å². The molecule has 0 aliphatic carbocycles. The van der Waals surface area contributed by atoms with Crippen molar-refractivity contribution in [1.29, 1.82) is 0 Å². The van der Waals surface area contributed by atoms with Gasteiger partial charge in [0.05, 0.1) is 31.6 Å². The molecule has 25 heavy (non-hydrogen) atoms. The molecule has 5 heteroatoms. The van der Waals surface area contributed by atoms with Crippen molar-refractivity contribution in [1.82, 2.24) is 0 Å². The van der Waals surface area contributed by atoms with Crippen LogP contribution in [0.2, 0.25) is 0 Å². The van der Waals surface area contributed by atoms with Crippen LogP contribution in [-0.4, -0.2) is 45.6 Å². The van der Waals surface area contributed by atoms with Crippen LogP contribution >= 0.6 is 0 Å². The summed E-state index contributed by atoms with van der Waals surface area (Å²) in [4.78, 5) is 18.3. The second kappa shape index (κ2) is 7.94. The van der Waals surface area contributed by atoms with Gasteiger partial charge in [-0.2, -0.15) is 0 Å². The number of esters is 1. The summed E-state index contributed by atoms with van der Waals surface area (Å²) in [5.74, 6) is -0.343. The Bertz CT molecular complexity index is 763. The highest BCUT2D eigenvalue weighted by atomic mass is 16.5. The van der Waals surface area contributed by atoms with Crippen molar-refractivity contribution >= 4 is 23.6 Å². The maximum atomic E-state index is 11.4. The van der Waals surface area contributed by atoms with Gasteiger partial charge in [-0.15, -0.1) is 0 Å². The monoisotopic (exact) mass is 338 g/mol. The van der Waals surface area contributed by atoms with Crippen molar-refractivity contribution in [2.24, 2.45) is 4.99 Å². The van der Waals surface area contributed by atoms with E-state index >= 15 is 0 Å². The molecule has 1 aliphatic heterocycles. The second-order valence-corrected chi connectivity index (χ2v) is 5.94. The van der Waals surface area contributed by atoms with Crippen molar-refractivity contribution in [2.45, 2.75) is 6.92 Å². The largest absolute Gasteiger partial charge is 0.465 e. The van der Waals surface area contributed by atoms with Gasteiger partial charge in [0.2, 0.25) is 0 Å². The number of carbonyl (C=O) groups is 1. The minimum absolute atomic E-state index is 0.343. The van der Waals surface area contributed by atoms with E-state index in [2.05, 4.69) is 35.0 Å². The number of anilines is 1. The van der Waals surface area contributed by atoms with E-state index in [0.29, 0.717) is 5.56 Å². The Morgan fingerprint density at radius 3 is 2.52 bits per heavy atom. The normalized spacial score (nSPS) is 14.7. The first-order valence-corrected chi connectivity index (χ1v) is 8.33. The minimum atomic E-state index is -0.343. The Labute approximate surface area is 147 Å². The second-order valence-electron chi connectivity index (χ2n) is 5.94. The number of carbonyl (C=O) groups excluding carboxylic acids is 1. The van der Waals surface area contributed by atoms with Crippen molar-refractivity contribution in [3.8, 4) is 0 Å². The van der Waals surface area contributed by atoms with Gasteiger partial charge in [-0.05, 0) is 54.4 Å². The molecule has 0 aromatic heterocycles. The number of ether oxygens (including phenoxy) is 2. The van der Waals surface area contributed by atoms with E-state index in [1.807, 2.05) is 6.21 Å². The zero-order valence-corrected chi connectivity index (χ0v) is 14.6. The van der Waals surface area contributed by atoms with Crippen molar-refractivity contribution in [3.05, 3.63) is 59.2 Å². The summed E-state index contributed by atoms with van der Waals surface area (Å²) < 4.78 is 10.1. The number of rotatable bonds is 4. The summed E-state index contributed by atoms with van der Waals surface area (Å²) in [7, 11) is 1.37. The van der Waals surface area contributed by atoms with E-state index in [0.717, 1.165) is 37.6 Å². The van der Waals surface area contributed by atoms with Crippen LogP contribution in [0.5, 0.6) is 0 Å². The van der Waals surface area contributed by atoms with Crippen LogP contribution in [0.3, 0.4) is 0 Å². The highest BCUT2D eigenvalue weighted by Gasteiger charge is 2.11. The van der Waals surface area contributed by atoms with Gasteiger partial charge < -0.3 is 14.4 Å². The van der Waals surface area contributed by atoms with Crippen molar-refractivity contribution < 1.29 is 14.3 Å². The highest BCUT2D eigenvalue weighted by molar-refractivity contribution is 5.90. The Morgan fingerprint density at radius 1 is 1.16 bits per heavy atom. The number of aliphatic imine (C=N–C) groups is 1. The third-order valence-electron chi connectivity index (χ3n) is 4.27. The van der Waals surface area contributed by atoms with Gasteiger partial charge in [-0.1, -0.05) is 6.07 Å². The van der Waals surface area contributed by atoms with Crippen LogP contribution in [0.1, 0.15) is 21.5 Å². The number of aryl methyl sites for hydroxylation is 1. The van der Waals surface area contributed by atoms with Gasteiger partial charge in [0, 0.05) is 25.0 Å². The minimum Gasteiger partial charge on any atom is -0.465 e. The van der Waals surface area contributed by atoms with Crippen molar-refractivity contribution in [2.75, 3.05) is 38.3 Å². The molecule has 1 heterocycles. The fraction of sp³-hybridized carbons (Fsp3) is 0.300. The van der Waals surface area contributed by atoms with E-state index < -0.39 is 0 Å². The van der Waals surface area contributed by atoms with Crippen LogP contribution < -0.4 is 4.90 Å². The predicted octanol–water partition coefficient (Wildman–Crippen LogP) is 3.37. The molecule has 5 nitrogen and oxygen atoms in total. The number of methoxy groups -OCH3 is 1. The lowest BCUT2D eigenvalue weighted by atomic mass is 10.1. The first-order valence-electron chi connectivity index (χ1n) is 8.33. The zero-order chi connectivity index (χ0) is 17.6. The molecular formula is C20H22N2O3. The van der Waals surface area contributed by atoms with Gasteiger partial charge in [0.15, 0.2) is 0 Å². The summed E-state index contributed by atoms with van der Waals surface area (Å²) in [5, 5.41) is 0. The quantitative estimate of drug-likeness (QED) is 0.633. The summed E-state index contributed by atoms with van der Waals surface area (Å²) in [6.07, 6.45) is 1.85. The SMILES string of the molecule is COC(=O)c1ccc(N=Cc2ccc(N3CCOCC3)cc2C)cc1. The Morgan fingerprint density at radius 2 is 1.88 bits per heavy atom. The van der Waals surface area contributed by atoms with Crippen LogP contribution in [-0.2, 0) is 9.47 Å². The molecule has 2 aromatic rings. The molecule has 1 saturated heterocycles. The zero-order valence-electron chi connectivity index (χ0n) is 14.6. The van der Waals surface area contributed by atoms with E-state index in [9.17, 15) is 4.79 Å².